The zero-order valence-corrected chi connectivity index (χ0v) is 14.0. The number of nitrogens with zero attached hydrogens (tertiary/aromatic N) is 2. The highest BCUT2D eigenvalue weighted by molar-refractivity contribution is 6.07. The summed E-state index contributed by atoms with van der Waals surface area (Å²) >= 11 is 0. The smallest absolute Gasteiger partial charge is 0.216 e. The van der Waals surface area contributed by atoms with E-state index in [0.717, 1.165) is 44.5 Å². The third kappa shape index (κ3) is 2.20. The summed E-state index contributed by atoms with van der Waals surface area (Å²) in [5, 5.41) is 0.990. The number of hydrogen-bond donors (Lipinski definition) is 0. The van der Waals surface area contributed by atoms with E-state index >= 15 is 0 Å². The van der Waals surface area contributed by atoms with Crippen LogP contribution >= 0.6 is 0 Å². The van der Waals surface area contributed by atoms with Gasteiger partial charge in [0.1, 0.15) is 18.1 Å². The molecule has 3 aromatic heterocycles. The van der Waals surface area contributed by atoms with Crippen LogP contribution in [0.1, 0.15) is 34.9 Å². The Hall–Kier alpha value is -2.68. The fraction of sp³-hybridized carbons (Fsp3) is 0.238. The number of hydrogen-bond acceptors (Lipinski definition) is 2. The molecule has 1 unspecified atom stereocenters. The molecule has 24 heavy (non-hydrogen) atoms. The van der Waals surface area contributed by atoms with Gasteiger partial charge in [0, 0.05) is 27.3 Å². The number of aromatic nitrogens is 2. The highest BCUT2D eigenvalue weighted by atomic mass is 16.3. The molecule has 4 aromatic rings. The Morgan fingerprint density at radius 3 is 2.83 bits per heavy atom. The van der Waals surface area contributed by atoms with E-state index in [1.807, 2.05) is 67.3 Å². The second kappa shape index (κ2) is 5.45. The Morgan fingerprint density at radius 2 is 2.04 bits per heavy atom. The van der Waals surface area contributed by atoms with E-state index in [9.17, 15) is 0 Å². The molecule has 1 atom stereocenters. The minimum Gasteiger partial charge on any atom is -0.453 e. The van der Waals surface area contributed by atoms with Crippen molar-refractivity contribution < 1.29 is 13.1 Å². The van der Waals surface area contributed by atoms with Crippen LogP contribution in [-0.4, -0.2) is 4.98 Å². The molecule has 0 fully saturated rings. The summed E-state index contributed by atoms with van der Waals surface area (Å²) < 4.78 is 31.1. The molecule has 3 heteroatoms. The largest absolute Gasteiger partial charge is 0.453 e. The second-order valence-corrected chi connectivity index (χ2v) is 6.27. The first kappa shape index (κ1) is 11.8. The normalized spacial score (nSPS) is 15.2. The van der Waals surface area contributed by atoms with Crippen molar-refractivity contribution in [1.29, 1.82) is 0 Å². The minimum atomic E-state index is -2.02. The van der Waals surface area contributed by atoms with Crippen LogP contribution in [-0.2, 0) is 7.05 Å². The Bertz CT molecular complexity index is 1160. The molecule has 0 aliphatic carbocycles. The first-order valence-corrected chi connectivity index (χ1v) is 8.04. The lowest BCUT2D eigenvalue weighted by atomic mass is 10.0. The molecule has 0 aliphatic heterocycles. The number of fused-ring (bicyclic) bond motifs is 3. The van der Waals surface area contributed by atoms with Gasteiger partial charge in [-0.15, -0.1) is 0 Å². The summed E-state index contributed by atoms with van der Waals surface area (Å²) in [6.07, 6.45) is 3.75. The van der Waals surface area contributed by atoms with Gasteiger partial charge in [0.25, 0.3) is 0 Å². The maximum atomic E-state index is 7.67. The van der Waals surface area contributed by atoms with Gasteiger partial charge in [-0.25, -0.2) is 4.57 Å². The minimum absolute atomic E-state index is 0.525. The van der Waals surface area contributed by atoms with Gasteiger partial charge >= 0.3 is 0 Å². The van der Waals surface area contributed by atoms with Crippen LogP contribution in [0.4, 0.5) is 0 Å². The summed E-state index contributed by atoms with van der Waals surface area (Å²) in [7, 11) is 1.93. The van der Waals surface area contributed by atoms with Crippen molar-refractivity contribution >= 4 is 22.1 Å². The van der Waals surface area contributed by atoms with Gasteiger partial charge < -0.3 is 4.42 Å². The van der Waals surface area contributed by atoms with Gasteiger partial charge in [-0.05, 0) is 36.6 Å². The molecule has 0 N–H and O–H groups in total. The van der Waals surface area contributed by atoms with Gasteiger partial charge in [-0.1, -0.05) is 25.9 Å². The highest BCUT2D eigenvalue weighted by Crippen LogP contribution is 2.35. The summed E-state index contributed by atoms with van der Waals surface area (Å²) in [5.41, 5.74) is 6.13. The van der Waals surface area contributed by atoms with Gasteiger partial charge in [-0.2, -0.15) is 0 Å². The molecular formula is C21H21N2O+. The van der Waals surface area contributed by atoms with Crippen molar-refractivity contribution in [2.24, 2.45) is 7.05 Å². The molecule has 0 bridgehead atoms. The van der Waals surface area contributed by atoms with E-state index in [1.165, 1.54) is 0 Å². The van der Waals surface area contributed by atoms with Crippen LogP contribution in [0.25, 0.3) is 33.3 Å². The monoisotopic (exact) mass is 320 g/mol. The number of furan rings is 1. The van der Waals surface area contributed by atoms with Gasteiger partial charge in [0.2, 0.25) is 5.69 Å². The zero-order chi connectivity index (χ0) is 19.3. The summed E-state index contributed by atoms with van der Waals surface area (Å²) in [5.74, 6) is -0.525. The number of pyridine rings is 2. The van der Waals surface area contributed by atoms with Crippen LogP contribution in [0, 0.1) is 6.92 Å². The fourth-order valence-corrected chi connectivity index (χ4v) is 3.20. The van der Waals surface area contributed by atoms with E-state index in [0.29, 0.717) is 0 Å². The number of aryl methyl sites for hydroxylation is 2. The van der Waals surface area contributed by atoms with Crippen molar-refractivity contribution in [2.45, 2.75) is 26.6 Å². The standard InChI is InChI=1S/C21H21N2O/c1-13(2)15-9-10-17(23(4)12-15)19-14(3)11-22-20-16-7-5-6-8-18(16)24-21(19)20/h5-13H,1-4H3/q+1/i1D3. The predicted octanol–water partition coefficient (Wildman–Crippen LogP) is 4.90. The van der Waals surface area contributed by atoms with E-state index in [4.69, 9.17) is 8.53 Å². The maximum Gasteiger partial charge on any atom is 0.216 e. The third-order valence-corrected chi connectivity index (χ3v) is 4.49. The predicted molar refractivity (Wildman–Crippen MR) is 97.0 cm³/mol. The molecule has 0 aliphatic rings. The molecule has 0 spiro atoms. The highest BCUT2D eigenvalue weighted by Gasteiger charge is 2.21. The average molecular weight is 320 g/mol. The Kier molecular flexibility index (Phi) is 2.68. The van der Waals surface area contributed by atoms with Crippen molar-refractivity contribution in [2.75, 3.05) is 0 Å². The van der Waals surface area contributed by atoms with Crippen LogP contribution in [0.2, 0.25) is 0 Å². The number of para-hydroxylation sites is 1. The topological polar surface area (TPSA) is 29.9 Å². The molecule has 0 saturated heterocycles. The summed E-state index contributed by atoms with van der Waals surface area (Å²) in [4.78, 5) is 4.59. The van der Waals surface area contributed by atoms with Crippen LogP contribution < -0.4 is 4.57 Å². The molecular weight excluding hydrogens is 296 g/mol. The molecule has 120 valence electrons. The molecule has 1 aromatic carbocycles. The summed E-state index contributed by atoms with van der Waals surface area (Å²) in [6.45, 7) is 1.72. The van der Waals surface area contributed by atoms with Crippen molar-refractivity contribution in [3.8, 4) is 11.3 Å². The Balaban J connectivity index is 1.93. The quantitative estimate of drug-likeness (QED) is 0.491. The molecule has 3 nitrogen and oxygen atoms in total. The Labute approximate surface area is 145 Å². The fourth-order valence-electron chi connectivity index (χ4n) is 3.20. The first-order chi connectivity index (χ1) is 12.8. The molecule has 0 radical (unpaired) electrons. The van der Waals surface area contributed by atoms with Gasteiger partial charge in [0.05, 0.1) is 5.56 Å². The molecule has 0 amide bonds. The number of rotatable bonds is 2. The Morgan fingerprint density at radius 1 is 1.21 bits per heavy atom. The lowest BCUT2D eigenvalue weighted by Gasteiger charge is -2.08. The van der Waals surface area contributed by atoms with E-state index in [2.05, 4.69) is 4.98 Å². The van der Waals surface area contributed by atoms with E-state index in [-0.39, 0.29) is 0 Å². The number of benzene rings is 1. The average Bonchev–Trinajstić information content (AvgIpc) is 2.99. The lowest BCUT2D eigenvalue weighted by molar-refractivity contribution is -0.660. The van der Waals surface area contributed by atoms with Gasteiger partial charge in [-0.3, -0.25) is 4.98 Å². The summed E-state index contributed by atoms with van der Waals surface area (Å²) in [6, 6.07) is 11.7. The van der Waals surface area contributed by atoms with Crippen molar-refractivity contribution in [1.82, 2.24) is 4.98 Å². The molecule has 4 rings (SSSR count). The van der Waals surface area contributed by atoms with Crippen LogP contribution in [0.5, 0.6) is 0 Å². The third-order valence-electron chi connectivity index (χ3n) is 4.49. The SMILES string of the molecule is [2H]C([2H])([2H])C(C)c1ccc(-c2c(C)cnc3c2oc2ccccc23)[n+](C)c1. The first-order valence-electron chi connectivity index (χ1n) is 9.54. The van der Waals surface area contributed by atoms with Crippen LogP contribution in [0.3, 0.4) is 0 Å². The maximum absolute atomic E-state index is 7.67. The van der Waals surface area contributed by atoms with Crippen molar-refractivity contribution in [3.63, 3.8) is 0 Å². The van der Waals surface area contributed by atoms with E-state index in [1.54, 1.807) is 6.92 Å². The molecule has 0 saturated carbocycles. The molecule has 3 heterocycles. The van der Waals surface area contributed by atoms with Crippen LogP contribution in [0.15, 0.2) is 53.2 Å². The van der Waals surface area contributed by atoms with E-state index < -0.39 is 12.8 Å². The zero-order valence-electron chi connectivity index (χ0n) is 17.0. The van der Waals surface area contributed by atoms with Crippen molar-refractivity contribution in [3.05, 3.63) is 59.9 Å². The second-order valence-electron chi connectivity index (χ2n) is 6.27. The lowest BCUT2D eigenvalue weighted by Crippen LogP contribution is -2.31. The van der Waals surface area contributed by atoms with Gasteiger partial charge in [0.15, 0.2) is 11.8 Å².